The SMILES string of the molecule is C=Cc1c(C=C)n(C)c2cc(C(/C=C\C)=C/C)ccc12.CC.CC. The van der Waals surface area contributed by atoms with Gasteiger partial charge in [-0.25, -0.2) is 0 Å². The highest BCUT2D eigenvalue weighted by atomic mass is 14.9. The molecular weight excluding hydrogens is 290 g/mol. The molecule has 1 heterocycles. The first-order valence-corrected chi connectivity index (χ1v) is 8.84. The van der Waals surface area contributed by atoms with Gasteiger partial charge in [0.2, 0.25) is 0 Å². The van der Waals surface area contributed by atoms with Crippen molar-refractivity contribution >= 4 is 28.6 Å². The summed E-state index contributed by atoms with van der Waals surface area (Å²) < 4.78 is 2.17. The fraction of sp³-hybridized carbons (Fsp3) is 0.304. The lowest BCUT2D eigenvalue weighted by Gasteiger charge is -2.04. The Morgan fingerprint density at radius 3 is 2.08 bits per heavy atom. The zero-order valence-corrected chi connectivity index (χ0v) is 16.5. The molecule has 1 nitrogen and oxygen atoms in total. The minimum atomic E-state index is 1.11. The average Bonchev–Trinajstić information content (AvgIpc) is 2.93. The molecule has 130 valence electrons. The fourth-order valence-corrected chi connectivity index (χ4v) is 2.66. The summed E-state index contributed by atoms with van der Waals surface area (Å²) in [5.41, 5.74) is 5.93. The van der Waals surface area contributed by atoms with Crippen molar-refractivity contribution in [3.8, 4) is 0 Å². The summed E-state index contributed by atoms with van der Waals surface area (Å²) >= 11 is 0. The quantitative estimate of drug-likeness (QED) is 0.513. The maximum atomic E-state index is 3.92. The molecule has 0 aliphatic rings. The fourth-order valence-electron chi connectivity index (χ4n) is 2.66. The zero-order valence-electron chi connectivity index (χ0n) is 16.5. The van der Waals surface area contributed by atoms with Crippen LogP contribution in [0.15, 0.2) is 49.6 Å². The van der Waals surface area contributed by atoms with Crippen LogP contribution < -0.4 is 0 Å². The van der Waals surface area contributed by atoms with E-state index in [0.29, 0.717) is 0 Å². The smallest absolute Gasteiger partial charge is 0.0494 e. The summed E-state index contributed by atoms with van der Waals surface area (Å²) in [6.07, 6.45) is 10.1. The van der Waals surface area contributed by atoms with Crippen molar-refractivity contribution in [2.75, 3.05) is 0 Å². The molecule has 1 aromatic carbocycles. The Hall–Kier alpha value is -2.28. The van der Waals surface area contributed by atoms with Crippen LogP contribution in [-0.2, 0) is 7.05 Å². The van der Waals surface area contributed by atoms with Crippen molar-refractivity contribution in [1.29, 1.82) is 0 Å². The van der Waals surface area contributed by atoms with Crippen LogP contribution in [-0.4, -0.2) is 4.57 Å². The molecule has 2 aromatic rings. The predicted octanol–water partition coefficient (Wildman–Crippen LogP) is 7.50. The number of aryl methyl sites for hydroxylation is 1. The maximum Gasteiger partial charge on any atom is 0.0494 e. The minimum Gasteiger partial charge on any atom is -0.344 e. The number of nitrogens with zero attached hydrogens (tertiary/aromatic N) is 1. The van der Waals surface area contributed by atoms with Crippen molar-refractivity contribution in [3.05, 3.63) is 66.4 Å². The molecule has 1 aromatic heterocycles. The first kappa shape index (κ1) is 21.7. The molecule has 2 rings (SSSR count). The van der Waals surface area contributed by atoms with Crippen LogP contribution in [0.5, 0.6) is 0 Å². The number of hydrogen-bond acceptors (Lipinski definition) is 0. The van der Waals surface area contributed by atoms with E-state index in [1.54, 1.807) is 0 Å². The van der Waals surface area contributed by atoms with Gasteiger partial charge < -0.3 is 4.57 Å². The predicted molar refractivity (Wildman–Crippen MR) is 114 cm³/mol. The lowest BCUT2D eigenvalue weighted by Crippen LogP contribution is -1.91. The molecule has 0 bridgehead atoms. The van der Waals surface area contributed by atoms with E-state index in [4.69, 9.17) is 0 Å². The highest BCUT2D eigenvalue weighted by Gasteiger charge is 2.11. The van der Waals surface area contributed by atoms with Gasteiger partial charge in [0.15, 0.2) is 0 Å². The van der Waals surface area contributed by atoms with Gasteiger partial charge in [-0.3, -0.25) is 0 Å². The average molecular weight is 324 g/mol. The van der Waals surface area contributed by atoms with Crippen molar-refractivity contribution in [1.82, 2.24) is 4.57 Å². The van der Waals surface area contributed by atoms with Gasteiger partial charge >= 0.3 is 0 Å². The molecule has 0 unspecified atom stereocenters. The molecule has 0 atom stereocenters. The Labute approximate surface area is 148 Å². The van der Waals surface area contributed by atoms with Gasteiger partial charge in [0, 0.05) is 29.2 Å². The highest BCUT2D eigenvalue weighted by Crippen LogP contribution is 2.30. The van der Waals surface area contributed by atoms with Gasteiger partial charge in [0.05, 0.1) is 0 Å². The molecule has 0 aliphatic carbocycles. The summed E-state index contributed by atoms with van der Waals surface area (Å²) in [7, 11) is 2.07. The molecular formula is C23H33N. The number of rotatable bonds is 4. The zero-order chi connectivity index (χ0) is 18.7. The first-order chi connectivity index (χ1) is 11.7. The molecule has 0 radical (unpaired) electrons. The minimum absolute atomic E-state index is 1.11. The third-order valence-corrected chi connectivity index (χ3v) is 3.67. The third kappa shape index (κ3) is 4.38. The van der Waals surface area contributed by atoms with Crippen LogP contribution in [0, 0.1) is 0 Å². The molecule has 0 fully saturated rings. The molecule has 1 heteroatoms. The van der Waals surface area contributed by atoms with E-state index in [9.17, 15) is 0 Å². The topological polar surface area (TPSA) is 4.93 Å². The highest BCUT2D eigenvalue weighted by molar-refractivity contribution is 5.95. The summed E-state index contributed by atoms with van der Waals surface area (Å²) in [5, 5.41) is 1.22. The van der Waals surface area contributed by atoms with E-state index in [2.05, 4.69) is 68.1 Å². The standard InChI is InChI=1S/C19H21N.2C2H6/c1-6-10-14(7-2)15-11-12-17-16(8-3)18(9-4)20(5)19(17)13-15;2*1-2/h6-13H,3-4H2,1-2,5H3;2*1-2H3/b10-6-,14-7+;;. The summed E-state index contributed by atoms with van der Waals surface area (Å²) in [4.78, 5) is 0. The van der Waals surface area contributed by atoms with Crippen LogP contribution in [0.4, 0.5) is 0 Å². The Kier molecular flexibility index (Phi) is 10.2. The van der Waals surface area contributed by atoms with Crippen molar-refractivity contribution in [3.63, 3.8) is 0 Å². The second kappa shape index (κ2) is 11.3. The molecule has 0 N–H and O–H groups in total. The van der Waals surface area contributed by atoms with E-state index in [-0.39, 0.29) is 0 Å². The lowest BCUT2D eigenvalue weighted by atomic mass is 10.0. The summed E-state index contributed by atoms with van der Waals surface area (Å²) in [6, 6.07) is 6.56. The van der Waals surface area contributed by atoms with Gasteiger partial charge in [0.1, 0.15) is 0 Å². The van der Waals surface area contributed by atoms with Gasteiger partial charge in [-0.05, 0) is 37.1 Å². The van der Waals surface area contributed by atoms with Crippen molar-refractivity contribution < 1.29 is 0 Å². The van der Waals surface area contributed by atoms with E-state index in [1.807, 2.05) is 46.8 Å². The van der Waals surface area contributed by atoms with E-state index in [1.165, 1.54) is 22.0 Å². The number of hydrogen-bond donors (Lipinski definition) is 0. The second-order valence-electron chi connectivity index (χ2n) is 4.74. The molecule has 0 aliphatic heterocycles. The number of aromatic nitrogens is 1. The second-order valence-corrected chi connectivity index (χ2v) is 4.74. The molecule has 0 saturated heterocycles. The van der Waals surface area contributed by atoms with E-state index < -0.39 is 0 Å². The molecule has 0 amide bonds. The van der Waals surface area contributed by atoms with Gasteiger partial charge in [-0.2, -0.15) is 0 Å². The van der Waals surface area contributed by atoms with Crippen LogP contribution in [0.25, 0.3) is 28.6 Å². The Morgan fingerprint density at radius 2 is 1.62 bits per heavy atom. The molecule has 0 spiro atoms. The first-order valence-electron chi connectivity index (χ1n) is 8.84. The van der Waals surface area contributed by atoms with Gasteiger partial charge in [0.25, 0.3) is 0 Å². The normalized spacial score (nSPS) is 10.7. The van der Waals surface area contributed by atoms with E-state index in [0.717, 1.165) is 11.3 Å². The van der Waals surface area contributed by atoms with Crippen LogP contribution in [0.3, 0.4) is 0 Å². The van der Waals surface area contributed by atoms with Gasteiger partial charge in [-0.1, -0.05) is 77.3 Å². The lowest BCUT2D eigenvalue weighted by molar-refractivity contribution is 0.953. The van der Waals surface area contributed by atoms with E-state index >= 15 is 0 Å². The Bertz CT molecular complexity index is 724. The van der Waals surface area contributed by atoms with Crippen LogP contribution in [0.2, 0.25) is 0 Å². The van der Waals surface area contributed by atoms with Gasteiger partial charge in [-0.15, -0.1) is 0 Å². The van der Waals surface area contributed by atoms with Crippen molar-refractivity contribution in [2.45, 2.75) is 41.5 Å². The Balaban J connectivity index is 0.00000123. The number of benzene rings is 1. The maximum absolute atomic E-state index is 3.92. The summed E-state index contributed by atoms with van der Waals surface area (Å²) in [5.74, 6) is 0. The Morgan fingerprint density at radius 1 is 1.00 bits per heavy atom. The third-order valence-electron chi connectivity index (χ3n) is 3.67. The molecule has 0 saturated carbocycles. The summed E-state index contributed by atoms with van der Waals surface area (Å²) in [6.45, 7) is 19.9. The van der Waals surface area contributed by atoms with Crippen molar-refractivity contribution in [2.24, 2.45) is 7.05 Å². The number of allylic oxidation sites excluding steroid dienone is 4. The number of fused-ring (bicyclic) bond motifs is 1. The van der Waals surface area contributed by atoms with Crippen LogP contribution >= 0.6 is 0 Å². The molecule has 24 heavy (non-hydrogen) atoms. The van der Waals surface area contributed by atoms with Crippen LogP contribution in [0.1, 0.15) is 58.4 Å². The largest absolute Gasteiger partial charge is 0.344 e. The monoisotopic (exact) mass is 323 g/mol.